The lowest BCUT2D eigenvalue weighted by Crippen LogP contribution is -2.14. The number of ether oxygens (including phenoxy) is 1. The lowest BCUT2D eigenvalue weighted by molar-refractivity contribution is -0.139. The van der Waals surface area contributed by atoms with E-state index in [0.717, 1.165) is 16.6 Å². The fourth-order valence-electron chi connectivity index (χ4n) is 1.32. The predicted molar refractivity (Wildman–Crippen MR) is 67.7 cm³/mol. The fourth-order valence-corrected chi connectivity index (χ4v) is 1.71. The molecule has 2 nitrogen and oxygen atoms in total. The van der Waals surface area contributed by atoms with Crippen LogP contribution in [0.15, 0.2) is 22.7 Å². The summed E-state index contributed by atoms with van der Waals surface area (Å²) in [6, 6.07) is 5.16. The van der Waals surface area contributed by atoms with E-state index in [-0.39, 0.29) is 6.61 Å². The van der Waals surface area contributed by atoms with Gasteiger partial charge in [0, 0.05) is 11.0 Å². The average molecular weight is 326 g/mol. The van der Waals surface area contributed by atoms with E-state index < -0.39 is 12.6 Å². The van der Waals surface area contributed by atoms with E-state index in [4.69, 9.17) is 4.74 Å². The number of hydrogen-bond acceptors (Lipinski definition) is 2. The largest absolute Gasteiger partial charge is 0.493 e. The highest BCUT2D eigenvalue weighted by Gasteiger charge is 2.26. The molecule has 0 radical (unpaired) electrons. The van der Waals surface area contributed by atoms with Crippen LogP contribution in [0.3, 0.4) is 0 Å². The van der Waals surface area contributed by atoms with Crippen molar-refractivity contribution in [1.82, 2.24) is 5.32 Å². The lowest BCUT2D eigenvalue weighted by atomic mass is 10.2. The third-order valence-corrected chi connectivity index (χ3v) is 3.01. The van der Waals surface area contributed by atoms with Gasteiger partial charge in [-0.15, -0.1) is 0 Å². The van der Waals surface area contributed by atoms with Crippen molar-refractivity contribution in [3.63, 3.8) is 0 Å². The number of benzene rings is 1. The van der Waals surface area contributed by atoms with Gasteiger partial charge in [-0.2, -0.15) is 13.2 Å². The first-order valence-corrected chi connectivity index (χ1v) is 6.40. The van der Waals surface area contributed by atoms with Crippen molar-refractivity contribution in [1.29, 1.82) is 0 Å². The van der Waals surface area contributed by atoms with Crippen molar-refractivity contribution in [3.05, 3.63) is 28.2 Å². The average Bonchev–Trinajstić information content (AvgIpc) is 2.28. The SMILES string of the molecule is CCNCc1cc(OCCC(F)(F)F)ccc1Br. The molecular weight excluding hydrogens is 311 g/mol. The summed E-state index contributed by atoms with van der Waals surface area (Å²) in [6.45, 7) is 3.10. The molecule has 102 valence electrons. The second-order valence-corrected chi connectivity index (χ2v) is 4.60. The lowest BCUT2D eigenvalue weighted by Gasteiger charge is -2.11. The van der Waals surface area contributed by atoms with E-state index in [9.17, 15) is 13.2 Å². The Kier molecular flexibility index (Phi) is 5.95. The third kappa shape index (κ3) is 5.73. The van der Waals surface area contributed by atoms with Gasteiger partial charge in [-0.25, -0.2) is 0 Å². The zero-order chi connectivity index (χ0) is 13.6. The number of nitrogens with one attached hydrogen (secondary N) is 1. The molecule has 1 N–H and O–H groups in total. The summed E-state index contributed by atoms with van der Waals surface area (Å²) in [5, 5.41) is 3.15. The maximum atomic E-state index is 12.0. The van der Waals surface area contributed by atoms with E-state index >= 15 is 0 Å². The van der Waals surface area contributed by atoms with Crippen LogP contribution in [0.5, 0.6) is 5.75 Å². The highest BCUT2D eigenvalue weighted by Crippen LogP contribution is 2.24. The van der Waals surface area contributed by atoms with Gasteiger partial charge in [0.1, 0.15) is 5.75 Å². The summed E-state index contributed by atoms with van der Waals surface area (Å²) >= 11 is 3.39. The molecule has 0 atom stereocenters. The van der Waals surface area contributed by atoms with Crippen molar-refractivity contribution >= 4 is 15.9 Å². The normalized spacial score (nSPS) is 11.6. The van der Waals surface area contributed by atoms with Crippen LogP contribution in [-0.4, -0.2) is 19.3 Å². The fraction of sp³-hybridized carbons (Fsp3) is 0.500. The summed E-state index contributed by atoms with van der Waals surface area (Å²) in [6.07, 6.45) is -5.12. The van der Waals surface area contributed by atoms with Crippen molar-refractivity contribution in [2.24, 2.45) is 0 Å². The Balaban J connectivity index is 2.56. The van der Waals surface area contributed by atoms with Crippen molar-refractivity contribution in [2.75, 3.05) is 13.2 Å². The Morgan fingerprint density at radius 2 is 2.06 bits per heavy atom. The number of halogens is 4. The molecule has 0 fully saturated rings. The minimum Gasteiger partial charge on any atom is -0.493 e. The van der Waals surface area contributed by atoms with Gasteiger partial charge in [0.15, 0.2) is 0 Å². The molecule has 1 aromatic rings. The standard InChI is InChI=1S/C12H15BrF3NO/c1-2-17-8-9-7-10(3-4-11(9)13)18-6-5-12(14,15)16/h3-4,7,17H,2,5-6,8H2,1H3. The molecule has 0 heterocycles. The highest BCUT2D eigenvalue weighted by atomic mass is 79.9. The van der Waals surface area contributed by atoms with Crippen LogP contribution in [0.25, 0.3) is 0 Å². The van der Waals surface area contributed by atoms with Crippen LogP contribution in [0.4, 0.5) is 13.2 Å². The van der Waals surface area contributed by atoms with Gasteiger partial charge < -0.3 is 10.1 Å². The Morgan fingerprint density at radius 3 is 2.67 bits per heavy atom. The number of alkyl halides is 3. The quantitative estimate of drug-likeness (QED) is 0.856. The minimum atomic E-state index is -4.18. The molecule has 0 saturated heterocycles. The van der Waals surface area contributed by atoms with Crippen molar-refractivity contribution in [2.45, 2.75) is 26.1 Å². The van der Waals surface area contributed by atoms with Gasteiger partial charge in [-0.1, -0.05) is 22.9 Å². The zero-order valence-electron chi connectivity index (χ0n) is 9.98. The maximum Gasteiger partial charge on any atom is 0.392 e. The van der Waals surface area contributed by atoms with E-state index in [1.54, 1.807) is 18.2 Å². The van der Waals surface area contributed by atoms with Crippen LogP contribution in [0, 0.1) is 0 Å². The molecule has 1 aromatic carbocycles. The van der Waals surface area contributed by atoms with E-state index in [1.165, 1.54) is 0 Å². The Hall–Kier alpha value is -0.750. The molecule has 0 aliphatic rings. The highest BCUT2D eigenvalue weighted by molar-refractivity contribution is 9.10. The molecule has 0 aliphatic heterocycles. The van der Waals surface area contributed by atoms with Crippen LogP contribution >= 0.6 is 15.9 Å². The van der Waals surface area contributed by atoms with Gasteiger partial charge in [-0.3, -0.25) is 0 Å². The minimum absolute atomic E-state index is 0.355. The molecule has 0 aromatic heterocycles. The van der Waals surface area contributed by atoms with Gasteiger partial charge in [0.05, 0.1) is 13.0 Å². The molecule has 0 unspecified atom stereocenters. The second kappa shape index (κ2) is 6.99. The zero-order valence-corrected chi connectivity index (χ0v) is 11.6. The van der Waals surface area contributed by atoms with Crippen molar-refractivity contribution < 1.29 is 17.9 Å². The summed E-state index contributed by atoms with van der Waals surface area (Å²) in [5.41, 5.74) is 0.960. The van der Waals surface area contributed by atoms with Gasteiger partial charge >= 0.3 is 6.18 Å². The van der Waals surface area contributed by atoms with Crippen LogP contribution in [-0.2, 0) is 6.54 Å². The molecule has 0 aliphatic carbocycles. The van der Waals surface area contributed by atoms with E-state index in [2.05, 4.69) is 21.2 Å². The van der Waals surface area contributed by atoms with Gasteiger partial charge in [0.2, 0.25) is 0 Å². The maximum absolute atomic E-state index is 12.0. The molecular formula is C12H15BrF3NO. The first kappa shape index (κ1) is 15.3. The third-order valence-electron chi connectivity index (χ3n) is 2.24. The summed E-state index contributed by atoms with van der Waals surface area (Å²) in [4.78, 5) is 0. The topological polar surface area (TPSA) is 21.3 Å². The Bertz CT molecular complexity index is 382. The summed E-state index contributed by atoms with van der Waals surface area (Å²) in [5.74, 6) is 0.454. The van der Waals surface area contributed by atoms with Gasteiger partial charge in [0.25, 0.3) is 0 Å². The first-order valence-electron chi connectivity index (χ1n) is 5.61. The van der Waals surface area contributed by atoms with Crippen LogP contribution < -0.4 is 10.1 Å². The smallest absolute Gasteiger partial charge is 0.392 e. The molecule has 6 heteroatoms. The number of rotatable bonds is 6. The predicted octanol–water partition coefficient (Wildman–Crippen LogP) is 3.89. The van der Waals surface area contributed by atoms with Crippen LogP contribution in [0.2, 0.25) is 0 Å². The van der Waals surface area contributed by atoms with Crippen molar-refractivity contribution in [3.8, 4) is 5.75 Å². The molecule has 0 amide bonds. The molecule has 0 bridgehead atoms. The molecule has 18 heavy (non-hydrogen) atoms. The summed E-state index contributed by atoms with van der Waals surface area (Å²) < 4.78 is 41.9. The Morgan fingerprint density at radius 1 is 1.33 bits per heavy atom. The monoisotopic (exact) mass is 325 g/mol. The second-order valence-electron chi connectivity index (χ2n) is 3.75. The molecule has 0 spiro atoms. The van der Waals surface area contributed by atoms with E-state index in [0.29, 0.717) is 12.3 Å². The Labute approximate surface area is 113 Å². The summed E-state index contributed by atoms with van der Waals surface area (Å²) in [7, 11) is 0. The first-order chi connectivity index (χ1) is 8.42. The van der Waals surface area contributed by atoms with Gasteiger partial charge in [-0.05, 0) is 30.3 Å². The molecule has 0 saturated carbocycles. The van der Waals surface area contributed by atoms with E-state index in [1.807, 2.05) is 6.92 Å². The molecule has 1 rings (SSSR count). The number of hydrogen-bond donors (Lipinski definition) is 1. The van der Waals surface area contributed by atoms with Crippen LogP contribution in [0.1, 0.15) is 18.9 Å².